The van der Waals surface area contributed by atoms with Crippen molar-refractivity contribution in [3.8, 4) is 0 Å². The molecule has 1 aromatic rings. The molecule has 16 heavy (non-hydrogen) atoms. The normalized spacial score (nSPS) is 18.6. The van der Waals surface area contributed by atoms with Gasteiger partial charge in [0.15, 0.2) is 5.82 Å². The summed E-state index contributed by atoms with van der Waals surface area (Å²) in [5, 5.41) is 4.25. The van der Waals surface area contributed by atoms with Crippen molar-refractivity contribution in [3.63, 3.8) is 0 Å². The third-order valence-corrected chi connectivity index (χ3v) is 3.43. The molecule has 2 rings (SSSR count). The molecule has 0 radical (unpaired) electrons. The van der Waals surface area contributed by atoms with Crippen LogP contribution in [-0.2, 0) is 10.0 Å². The number of nitrogens with zero attached hydrogens (tertiary/aromatic N) is 2. The minimum atomic E-state index is -3.22. The zero-order valence-electron chi connectivity index (χ0n) is 9.39. The first-order valence-electron chi connectivity index (χ1n) is 5.57. The summed E-state index contributed by atoms with van der Waals surface area (Å²) in [5.74, 6) is 0.410. The zero-order chi connectivity index (χ0) is 11.6. The first kappa shape index (κ1) is 11.4. The summed E-state index contributed by atoms with van der Waals surface area (Å²) in [6.07, 6.45) is 9.03. The average Bonchev–Trinajstić information content (AvgIpc) is 2.65. The molecule has 1 aromatic heterocycles. The predicted molar refractivity (Wildman–Crippen MR) is 62.8 cm³/mol. The highest BCUT2D eigenvalue weighted by molar-refractivity contribution is 7.92. The molecule has 0 saturated heterocycles. The Balaban J connectivity index is 2.06. The Hall–Kier alpha value is -1.04. The Morgan fingerprint density at radius 3 is 2.69 bits per heavy atom. The Morgan fingerprint density at radius 2 is 2.06 bits per heavy atom. The summed E-state index contributed by atoms with van der Waals surface area (Å²) in [5.41, 5.74) is 0. The largest absolute Gasteiger partial charge is 0.268 e. The topological polar surface area (TPSA) is 64.0 Å². The highest BCUT2D eigenvalue weighted by Crippen LogP contribution is 2.27. The van der Waals surface area contributed by atoms with E-state index in [2.05, 4.69) is 9.82 Å². The number of hydrogen-bond donors (Lipinski definition) is 1. The monoisotopic (exact) mass is 243 g/mol. The van der Waals surface area contributed by atoms with Gasteiger partial charge < -0.3 is 0 Å². The van der Waals surface area contributed by atoms with Crippen molar-refractivity contribution in [1.82, 2.24) is 9.78 Å². The van der Waals surface area contributed by atoms with Gasteiger partial charge in [0.1, 0.15) is 0 Å². The lowest BCUT2D eigenvalue weighted by Crippen LogP contribution is -2.14. The van der Waals surface area contributed by atoms with Crippen LogP contribution >= 0.6 is 0 Å². The van der Waals surface area contributed by atoms with E-state index in [1.54, 1.807) is 6.07 Å². The third-order valence-electron chi connectivity index (χ3n) is 2.85. The molecule has 5 nitrogen and oxygen atoms in total. The quantitative estimate of drug-likeness (QED) is 0.879. The smallest absolute Gasteiger partial charge is 0.231 e. The number of nitrogens with one attached hydrogen (secondary N) is 1. The lowest BCUT2D eigenvalue weighted by molar-refractivity contribution is 0.330. The molecular weight excluding hydrogens is 226 g/mol. The van der Waals surface area contributed by atoms with E-state index in [-0.39, 0.29) is 0 Å². The third kappa shape index (κ3) is 2.98. The second kappa shape index (κ2) is 4.45. The lowest BCUT2D eigenvalue weighted by atomic mass is 9.96. The maximum atomic E-state index is 11.0. The molecule has 1 aliphatic rings. The zero-order valence-corrected chi connectivity index (χ0v) is 10.2. The number of hydrogen-bond acceptors (Lipinski definition) is 3. The van der Waals surface area contributed by atoms with Crippen LogP contribution in [0.25, 0.3) is 0 Å². The first-order chi connectivity index (χ1) is 7.54. The van der Waals surface area contributed by atoms with E-state index in [1.807, 2.05) is 10.9 Å². The molecule has 0 atom stereocenters. The Morgan fingerprint density at radius 1 is 1.38 bits per heavy atom. The molecule has 0 spiro atoms. The Kier molecular flexibility index (Phi) is 3.18. The molecule has 1 N–H and O–H groups in total. The minimum Gasteiger partial charge on any atom is -0.268 e. The molecule has 0 unspecified atom stereocenters. The van der Waals surface area contributed by atoms with Crippen LogP contribution in [0.2, 0.25) is 0 Å². The molecule has 1 fully saturated rings. The van der Waals surface area contributed by atoms with E-state index in [1.165, 1.54) is 19.3 Å². The fourth-order valence-corrected chi connectivity index (χ4v) is 2.62. The van der Waals surface area contributed by atoms with E-state index < -0.39 is 10.0 Å². The molecule has 6 heteroatoms. The van der Waals surface area contributed by atoms with Crippen LogP contribution in [-0.4, -0.2) is 24.5 Å². The second-order valence-electron chi connectivity index (χ2n) is 4.35. The van der Waals surface area contributed by atoms with Crippen LogP contribution in [0.5, 0.6) is 0 Å². The fourth-order valence-electron chi connectivity index (χ4n) is 2.13. The summed E-state index contributed by atoms with van der Waals surface area (Å²) in [6.45, 7) is 0. The van der Waals surface area contributed by atoms with Crippen molar-refractivity contribution < 1.29 is 8.42 Å². The Labute approximate surface area is 95.9 Å². The van der Waals surface area contributed by atoms with Gasteiger partial charge in [-0.3, -0.25) is 9.40 Å². The molecule has 1 aliphatic carbocycles. The van der Waals surface area contributed by atoms with Crippen LogP contribution in [0.15, 0.2) is 12.3 Å². The van der Waals surface area contributed by atoms with Crippen molar-refractivity contribution in [2.45, 2.75) is 38.1 Å². The number of rotatable bonds is 3. The van der Waals surface area contributed by atoms with E-state index >= 15 is 0 Å². The average molecular weight is 243 g/mol. The van der Waals surface area contributed by atoms with Gasteiger partial charge in [0.2, 0.25) is 10.0 Å². The molecule has 0 aliphatic heterocycles. The number of sulfonamides is 1. The van der Waals surface area contributed by atoms with Crippen LogP contribution in [0, 0.1) is 0 Å². The van der Waals surface area contributed by atoms with Crippen LogP contribution < -0.4 is 4.72 Å². The first-order valence-corrected chi connectivity index (χ1v) is 7.47. The van der Waals surface area contributed by atoms with E-state index in [4.69, 9.17) is 0 Å². The van der Waals surface area contributed by atoms with Gasteiger partial charge in [0, 0.05) is 12.3 Å². The van der Waals surface area contributed by atoms with Crippen LogP contribution in [0.4, 0.5) is 5.82 Å². The standard InChI is InChI=1S/C10H17N3O2S/c1-16(14,15)12-10-7-8-13(11-10)9-5-3-2-4-6-9/h7-9H,2-6H2,1H3,(H,11,12). The van der Waals surface area contributed by atoms with Crippen molar-refractivity contribution in [2.75, 3.05) is 11.0 Å². The lowest BCUT2D eigenvalue weighted by Gasteiger charge is -2.21. The highest BCUT2D eigenvalue weighted by atomic mass is 32.2. The van der Waals surface area contributed by atoms with Gasteiger partial charge in [-0.2, -0.15) is 5.10 Å². The van der Waals surface area contributed by atoms with Gasteiger partial charge >= 0.3 is 0 Å². The highest BCUT2D eigenvalue weighted by Gasteiger charge is 2.16. The van der Waals surface area contributed by atoms with Crippen molar-refractivity contribution in [1.29, 1.82) is 0 Å². The van der Waals surface area contributed by atoms with E-state index in [0.29, 0.717) is 11.9 Å². The van der Waals surface area contributed by atoms with Gasteiger partial charge in [0.05, 0.1) is 12.3 Å². The Bertz CT molecular complexity index is 446. The van der Waals surface area contributed by atoms with Gasteiger partial charge in [-0.25, -0.2) is 8.42 Å². The van der Waals surface area contributed by atoms with Gasteiger partial charge in [-0.05, 0) is 12.8 Å². The summed E-state index contributed by atoms with van der Waals surface area (Å²) in [4.78, 5) is 0. The van der Waals surface area contributed by atoms with Gasteiger partial charge in [-0.1, -0.05) is 19.3 Å². The molecule has 1 saturated carbocycles. The second-order valence-corrected chi connectivity index (χ2v) is 6.10. The van der Waals surface area contributed by atoms with Crippen molar-refractivity contribution in [3.05, 3.63) is 12.3 Å². The minimum absolute atomic E-state index is 0.410. The maximum Gasteiger partial charge on any atom is 0.231 e. The molecule has 1 heterocycles. The van der Waals surface area contributed by atoms with E-state index in [0.717, 1.165) is 19.1 Å². The predicted octanol–water partition coefficient (Wildman–Crippen LogP) is 1.76. The molecule has 90 valence electrons. The SMILES string of the molecule is CS(=O)(=O)Nc1ccn(C2CCCCC2)n1. The summed E-state index contributed by atoms with van der Waals surface area (Å²) >= 11 is 0. The fraction of sp³-hybridized carbons (Fsp3) is 0.700. The molecule has 0 bridgehead atoms. The van der Waals surface area contributed by atoms with Gasteiger partial charge in [0.25, 0.3) is 0 Å². The summed E-state index contributed by atoms with van der Waals surface area (Å²) < 4.78 is 26.3. The summed E-state index contributed by atoms with van der Waals surface area (Å²) in [7, 11) is -3.22. The number of aromatic nitrogens is 2. The van der Waals surface area contributed by atoms with Crippen molar-refractivity contribution in [2.24, 2.45) is 0 Å². The number of anilines is 1. The van der Waals surface area contributed by atoms with Gasteiger partial charge in [-0.15, -0.1) is 0 Å². The molecular formula is C10H17N3O2S. The van der Waals surface area contributed by atoms with E-state index in [9.17, 15) is 8.42 Å². The van der Waals surface area contributed by atoms with Crippen LogP contribution in [0.3, 0.4) is 0 Å². The maximum absolute atomic E-state index is 11.0. The molecule has 0 aromatic carbocycles. The summed E-state index contributed by atoms with van der Waals surface area (Å²) in [6, 6.07) is 2.14. The van der Waals surface area contributed by atoms with Crippen molar-refractivity contribution >= 4 is 15.8 Å². The molecule has 0 amide bonds. The van der Waals surface area contributed by atoms with Crippen LogP contribution in [0.1, 0.15) is 38.1 Å².